The van der Waals surface area contributed by atoms with Crippen molar-refractivity contribution in [3.05, 3.63) is 19.9 Å². The molecule has 0 saturated carbocycles. The molecule has 1 saturated heterocycles. The first-order valence-electron chi connectivity index (χ1n) is 5.08. The number of aliphatic hydroxyl groups is 1. The van der Waals surface area contributed by atoms with E-state index in [0.29, 0.717) is 18.7 Å². The number of aliphatic hydroxyl groups excluding tert-OH is 1. The van der Waals surface area contributed by atoms with Gasteiger partial charge in [-0.1, -0.05) is 0 Å². The third-order valence-corrected chi connectivity index (χ3v) is 4.45. The summed E-state index contributed by atoms with van der Waals surface area (Å²) in [7, 11) is 0. The summed E-state index contributed by atoms with van der Waals surface area (Å²) in [6.07, 6.45) is -0.345. The first-order chi connectivity index (χ1) is 7.66. The van der Waals surface area contributed by atoms with E-state index in [-0.39, 0.29) is 17.9 Å². The highest BCUT2D eigenvalue weighted by atomic mass is 127. The zero-order chi connectivity index (χ0) is 11.5. The summed E-state index contributed by atoms with van der Waals surface area (Å²) in [4.78, 5) is 11.7. The van der Waals surface area contributed by atoms with Crippen LogP contribution < -0.4 is 10.6 Å². The number of hydrogen-bond donors (Lipinski definition) is 3. The van der Waals surface area contributed by atoms with Gasteiger partial charge in [0.05, 0.1) is 14.6 Å². The van der Waals surface area contributed by atoms with Crippen LogP contribution in [-0.2, 0) is 0 Å². The number of thiophene rings is 1. The molecular weight excluding hydrogens is 339 g/mol. The summed E-state index contributed by atoms with van der Waals surface area (Å²) < 4.78 is 1.10. The molecule has 16 heavy (non-hydrogen) atoms. The molecule has 0 bridgehead atoms. The summed E-state index contributed by atoms with van der Waals surface area (Å²) in [5.41, 5.74) is 0.704. The number of amides is 1. The number of nitrogens with one attached hydrogen (secondary N) is 2. The van der Waals surface area contributed by atoms with Crippen LogP contribution in [0.3, 0.4) is 0 Å². The highest BCUT2D eigenvalue weighted by molar-refractivity contribution is 14.1. The second-order valence-corrected chi connectivity index (χ2v) is 6.64. The summed E-state index contributed by atoms with van der Waals surface area (Å²) in [5.74, 6) is 0.0694. The normalized spacial score (nSPS) is 24.6. The zero-order valence-electron chi connectivity index (χ0n) is 8.57. The predicted molar refractivity (Wildman–Crippen MR) is 71.7 cm³/mol. The van der Waals surface area contributed by atoms with E-state index in [4.69, 9.17) is 0 Å². The van der Waals surface area contributed by atoms with E-state index in [1.54, 1.807) is 11.3 Å². The quantitative estimate of drug-likeness (QED) is 0.701. The first-order valence-corrected chi connectivity index (χ1v) is 7.03. The fourth-order valence-electron chi connectivity index (χ4n) is 1.68. The number of carbonyl (C=O) groups is 1. The van der Waals surface area contributed by atoms with Crippen LogP contribution >= 0.6 is 33.9 Å². The Morgan fingerprint density at radius 1 is 1.69 bits per heavy atom. The average molecular weight is 352 g/mol. The van der Waals surface area contributed by atoms with Gasteiger partial charge in [0.1, 0.15) is 0 Å². The number of rotatable bonds is 3. The molecule has 1 fully saturated rings. The SMILES string of the molecule is O=C(NCC1CNCC1O)c1csc(I)c1. The molecule has 0 aromatic carbocycles. The van der Waals surface area contributed by atoms with Crippen molar-refractivity contribution in [3.63, 3.8) is 0 Å². The van der Waals surface area contributed by atoms with Crippen molar-refractivity contribution in [2.75, 3.05) is 19.6 Å². The van der Waals surface area contributed by atoms with Gasteiger partial charge in [-0.25, -0.2) is 0 Å². The summed E-state index contributed by atoms with van der Waals surface area (Å²) in [5, 5.41) is 17.3. The van der Waals surface area contributed by atoms with Gasteiger partial charge in [-0.2, -0.15) is 0 Å². The Morgan fingerprint density at radius 2 is 2.50 bits per heavy atom. The number of halogens is 1. The highest BCUT2D eigenvalue weighted by Gasteiger charge is 2.25. The molecule has 1 aliphatic rings. The minimum Gasteiger partial charge on any atom is -0.391 e. The lowest BCUT2D eigenvalue weighted by molar-refractivity contribution is 0.0927. The second-order valence-electron chi connectivity index (χ2n) is 3.84. The zero-order valence-corrected chi connectivity index (χ0v) is 11.5. The molecule has 1 aliphatic heterocycles. The van der Waals surface area contributed by atoms with E-state index >= 15 is 0 Å². The minimum atomic E-state index is -0.345. The molecule has 3 N–H and O–H groups in total. The minimum absolute atomic E-state index is 0.0572. The molecule has 0 aliphatic carbocycles. The molecule has 0 radical (unpaired) electrons. The fourth-order valence-corrected chi connectivity index (χ4v) is 3.01. The van der Waals surface area contributed by atoms with E-state index in [1.807, 2.05) is 11.4 Å². The van der Waals surface area contributed by atoms with Crippen molar-refractivity contribution in [1.82, 2.24) is 10.6 Å². The van der Waals surface area contributed by atoms with Crippen LogP contribution in [0, 0.1) is 8.80 Å². The Kier molecular flexibility index (Phi) is 4.17. The maximum Gasteiger partial charge on any atom is 0.252 e. The first kappa shape index (κ1) is 12.3. The monoisotopic (exact) mass is 352 g/mol. The van der Waals surface area contributed by atoms with Gasteiger partial charge in [0.25, 0.3) is 5.91 Å². The average Bonchev–Trinajstić information content (AvgIpc) is 2.84. The van der Waals surface area contributed by atoms with Gasteiger partial charge in [-0.05, 0) is 28.7 Å². The van der Waals surface area contributed by atoms with Crippen LogP contribution in [0.5, 0.6) is 0 Å². The van der Waals surface area contributed by atoms with Crippen LogP contribution in [0.25, 0.3) is 0 Å². The van der Waals surface area contributed by atoms with Crippen molar-refractivity contribution in [2.45, 2.75) is 6.10 Å². The van der Waals surface area contributed by atoms with Crippen molar-refractivity contribution in [3.8, 4) is 0 Å². The molecule has 0 spiro atoms. The molecule has 1 aromatic rings. The van der Waals surface area contributed by atoms with Crippen molar-refractivity contribution in [1.29, 1.82) is 0 Å². The van der Waals surface area contributed by atoms with Crippen molar-refractivity contribution >= 4 is 39.8 Å². The molecule has 1 aromatic heterocycles. The standard InChI is InChI=1S/C10H13IN2O2S/c11-9-1-6(5-16-9)10(15)13-3-7-2-12-4-8(7)14/h1,5,7-8,12,14H,2-4H2,(H,13,15). The number of β-amino-alcohol motifs (C(OH)–C–C–N with tert-alkyl or cyclic N) is 1. The molecule has 6 heteroatoms. The van der Waals surface area contributed by atoms with Crippen LogP contribution in [0.15, 0.2) is 11.4 Å². The van der Waals surface area contributed by atoms with E-state index < -0.39 is 0 Å². The Labute approximate surface area is 112 Å². The van der Waals surface area contributed by atoms with Crippen molar-refractivity contribution in [2.24, 2.45) is 5.92 Å². The Morgan fingerprint density at radius 3 is 3.06 bits per heavy atom. The molecule has 2 rings (SSSR count). The Balaban J connectivity index is 1.84. The molecule has 2 atom stereocenters. The summed E-state index contributed by atoms with van der Waals surface area (Å²) >= 11 is 3.75. The van der Waals surface area contributed by atoms with Gasteiger partial charge in [0.15, 0.2) is 0 Å². The largest absolute Gasteiger partial charge is 0.391 e. The van der Waals surface area contributed by atoms with E-state index in [1.165, 1.54) is 0 Å². The fraction of sp³-hybridized carbons (Fsp3) is 0.500. The highest BCUT2D eigenvalue weighted by Crippen LogP contribution is 2.16. The van der Waals surface area contributed by atoms with Crippen LogP contribution in [0.1, 0.15) is 10.4 Å². The summed E-state index contributed by atoms with van der Waals surface area (Å²) in [6.45, 7) is 1.92. The maximum atomic E-state index is 11.7. The van der Waals surface area contributed by atoms with Crippen LogP contribution in [0.4, 0.5) is 0 Å². The van der Waals surface area contributed by atoms with Gasteiger partial charge in [0.2, 0.25) is 0 Å². The van der Waals surface area contributed by atoms with Gasteiger partial charge < -0.3 is 15.7 Å². The second kappa shape index (κ2) is 5.44. The van der Waals surface area contributed by atoms with Gasteiger partial charge in [-0.15, -0.1) is 11.3 Å². The van der Waals surface area contributed by atoms with Gasteiger partial charge >= 0.3 is 0 Å². The van der Waals surface area contributed by atoms with Gasteiger partial charge in [0, 0.05) is 30.9 Å². The Hall–Kier alpha value is -0.180. The molecule has 1 amide bonds. The molecule has 2 unspecified atom stereocenters. The molecule has 2 heterocycles. The van der Waals surface area contributed by atoms with E-state index in [9.17, 15) is 9.90 Å². The lowest BCUT2D eigenvalue weighted by Crippen LogP contribution is -2.34. The van der Waals surface area contributed by atoms with E-state index in [2.05, 4.69) is 33.2 Å². The predicted octanol–water partition coefficient (Wildman–Crippen LogP) is 0.663. The smallest absolute Gasteiger partial charge is 0.252 e. The van der Waals surface area contributed by atoms with E-state index in [0.717, 1.165) is 9.43 Å². The van der Waals surface area contributed by atoms with Crippen molar-refractivity contribution < 1.29 is 9.90 Å². The molecule has 4 nitrogen and oxygen atoms in total. The third-order valence-electron chi connectivity index (χ3n) is 2.66. The maximum absolute atomic E-state index is 11.7. The third kappa shape index (κ3) is 2.93. The number of carbonyl (C=O) groups excluding carboxylic acids is 1. The molecular formula is C10H13IN2O2S. The lowest BCUT2D eigenvalue weighted by atomic mass is 10.1. The van der Waals surface area contributed by atoms with Crippen LogP contribution in [-0.4, -0.2) is 36.8 Å². The summed E-state index contributed by atoms with van der Waals surface area (Å²) in [6, 6.07) is 1.86. The lowest BCUT2D eigenvalue weighted by Gasteiger charge is -2.13. The Bertz CT molecular complexity index is 383. The molecule has 88 valence electrons. The van der Waals surface area contributed by atoms with Gasteiger partial charge in [-0.3, -0.25) is 4.79 Å². The topological polar surface area (TPSA) is 61.4 Å². The number of hydrogen-bond acceptors (Lipinski definition) is 4. The van der Waals surface area contributed by atoms with Crippen LogP contribution in [0.2, 0.25) is 0 Å².